The molecular formula is C12H17N3O4. The smallest absolute Gasteiger partial charge is 0.292 e. The number of anilines is 1. The van der Waals surface area contributed by atoms with Gasteiger partial charge in [0.25, 0.3) is 11.6 Å². The van der Waals surface area contributed by atoms with Crippen LogP contribution in [0.3, 0.4) is 0 Å². The average molecular weight is 267 g/mol. The minimum atomic E-state index is -1.06. The van der Waals surface area contributed by atoms with E-state index < -0.39 is 16.4 Å². The van der Waals surface area contributed by atoms with Crippen LogP contribution < -0.4 is 5.73 Å². The van der Waals surface area contributed by atoms with Gasteiger partial charge >= 0.3 is 0 Å². The van der Waals surface area contributed by atoms with Crippen molar-refractivity contribution in [1.82, 2.24) is 4.90 Å². The molecule has 0 bridgehead atoms. The Morgan fingerprint density at radius 1 is 1.53 bits per heavy atom. The van der Waals surface area contributed by atoms with Crippen LogP contribution >= 0.6 is 0 Å². The number of carbonyl (C=O) groups excluding carboxylic acids is 1. The fraction of sp³-hybridized carbons (Fsp3) is 0.417. The SMILES string of the molecule is CN(CC(C)(C)O)C(=O)c1cccc([N+](=O)[O-])c1N. The van der Waals surface area contributed by atoms with Gasteiger partial charge in [0, 0.05) is 19.7 Å². The summed E-state index contributed by atoms with van der Waals surface area (Å²) in [4.78, 5) is 23.5. The van der Waals surface area contributed by atoms with Gasteiger partial charge in [-0.3, -0.25) is 14.9 Å². The van der Waals surface area contributed by atoms with Gasteiger partial charge in [0.15, 0.2) is 0 Å². The fourth-order valence-corrected chi connectivity index (χ4v) is 1.76. The lowest BCUT2D eigenvalue weighted by molar-refractivity contribution is -0.383. The number of nitrogen functional groups attached to an aromatic ring is 1. The van der Waals surface area contributed by atoms with Crippen molar-refractivity contribution >= 4 is 17.3 Å². The maximum atomic E-state index is 12.1. The predicted molar refractivity (Wildman–Crippen MR) is 70.8 cm³/mol. The zero-order chi connectivity index (χ0) is 14.8. The van der Waals surface area contributed by atoms with Gasteiger partial charge in [-0.05, 0) is 19.9 Å². The molecular weight excluding hydrogens is 250 g/mol. The minimum absolute atomic E-state index is 0.0564. The largest absolute Gasteiger partial charge is 0.393 e. The molecule has 0 saturated heterocycles. The summed E-state index contributed by atoms with van der Waals surface area (Å²) >= 11 is 0. The molecule has 0 saturated carbocycles. The van der Waals surface area contributed by atoms with Crippen LogP contribution in [0.15, 0.2) is 18.2 Å². The van der Waals surface area contributed by atoms with E-state index in [1.54, 1.807) is 13.8 Å². The Morgan fingerprint density at radius 3 is 2.58 bits per heavy atom. The first kappa shape index (κ1) is 14.9. The van der Waals surface area contributed by atoms with E-state index >= 15 is 0 Å². The van der Waals surface area contributed by atoms with Crippen LogP contribution in [-0.2, 0) is 0 Å². The number of nitrogens with two attached hydrogens (primary N) is 1. The van der Waals surface area contributed by atoms with Crippen molar-refractivity contribution in [2.45, 2.75) is 19.4 Å². The Labute approximate surface area is 110 Å². The van der Waals surface area contributed by atoms with Gasteiger partial charge in [0.1, 0.15) is 5.69 Å². The normalized spacial score (nSPS) is 11.2. The first-order valence-corrected chi connectivity index (χ1v) is 5.64. The molecule has 1 rings (SSSR count). The lowest BCUT2D eigenvalue weighted by Crippen LogP contribution is -2.39. The molecule has 0 aliphatic rings. The minimum Gasteiger partial charge on any atom is -0.393 e. The Morgan fingerprint density at radius 2 is 2.11 bits per heavy atom. The molecule has 19 heavy (non-hydrogen) atoms. The second kappa shape index (κ2) is 5.23. The number of nitro benzene ring substituents is 1. The van der Waals surface area contributed by atoms with Gasteiger partial charge in [-0.2, -0.15) is 0 Å². The second-order valence-electron chi connectivity index (χ2n) is 4.97. The molecule has 1 aromatic carbocycles. The van der Waals surface area contributed by atoms with Gasteiger partial charge < -0.3 is 15.7 Å². The lowest BCUT2D eigenvalue weighted by atomic mass is 10.1. The summed E-state index contributed by atoms with van der Waals surface area (Å²) in [6.45, 7) is 3.22. The summed E-state index contributed by atoms with van der Waals surface area (Å²) < 4.78 is 0. The number of nitrogens with zero attached hydrogens (tertiary/aromatic N) is 2. The summed E-state index contributed by atoms with van der Waals surface area (Å²) in [6.07, 6.45) is 0. The maximum absolute atomic E-state index is 12.1. The molecule has 0 spiro atoms. The Bertz CT molecular complexity index is 508. The number of carbonyl (C=O) groups is 1. The number of rotatable bonds is 4. The third-order valence-electron chi connectivity index (χ3n) is 2.48. The van der Waals surface area contributed by atoms with E-state index in [0.29, 0.717) is 0 Å². The molecule has 0 radical (unpaired) electrons. The molecule has 0 aromatic heterocycles. The van der Waals surface area contributed by atoms with Gasteiger partial charge in [-0.1, -0.05) is 6.07 Å². The van der Waals surface area contributed by atoms with Crippen LogP contribution in [0, 0.1) is 10.1 Å². The van der Waals surface area contributed by atoms with Crippen LogP contribution in [0.1, 0.15) is 24.2 Å². The summed E-state index contributed by atoms with van der Waals surface area (Å²) in [6, 6.07) is 4.06. The monoisotopic (exact) mass is 267 g/mol. The number of amides is 1. The van der Waals surface area contributed by atoms with E-state index in [2.05, 4.69) is 0 Å². The van der Waals surface area contributed by atoms with Crippen LogP contribution in [0.2, 0.25) is 0 Å². The second-order valence-corrected chi connectivity index (χ2v) is 4.97. The van der Waals surface area contributed by atoms with Crippen molar-refractivity contribution in [3.05, 3.63) is 33.9 Å². The van der Waals surface area contributed by atoms with Crippen LogP contribution in [-0.4, -0.2) is 40.0 Å². The van der Waals surface area contributed by atoms with E-state index in [4.69, 9.17) is 5.73 Å². The molecule has 1 aromatic rings. The number of aliphatic hydroxyl groups is 1. The average Bonchev–Trinajstić information content (AvgIpc) is 2.25. The summed E-state index contributed by atoms with van der Waals surface area (Å²) in [5, 5.41) is 20.4. The fourth-order valence-electron chi connectivity index (χ4n) is 1.76. The molecule has 0 aliphatic carbocycles. The van der Waals surface area contributed by atoms with Crippen molar-refractivity contribution in [3.8, 4) is 0 Å². The Hall–Kier alpha value is -2.15. The maximum Gasteiger partial charge on any atom is 0.292 e. The third-order valence-corrected chi connectivity index (χ3v) is 2.48. The van der Waals surface area contributed by atoms with Crippen molar-refractivity contribution in [1.29, 1.82) is 0 Å². The highest BCUT2D eigenvalue weighted by Gasteiger charge is 2.24. The summed E-state index contributed by atoms with van der Waals surface area (Å²) in [7, 11) is 1.50. The molecule has 1 amide bonds. The molecule has 104 valence electrons. The Balaban J connectivity index is 3.07. The van der Waals surface area contributed by atoms with E-state index in [0.717, 1.165) is 0 Å². The van der Waals surface area contributed by atoms with Crippen LogP contribution in [0.5, 0.6) is 0 Å². The number of hydrogen-bond acceptors (Lipinski definition) is 5. The van der Waals surface area contributed by atoms with Crippen LogP contribution in [0.25, 0.3) is 0 Å². The van der Waals surface area contributed by atoms with E-state index in [-0.39, 0.29) is 23.5 Å². The van der Waals surface area contributed by atoms with Crippen molar-refractivity contribution in [2.75, 3.05) is 19.3 Å². The molecule has 0 heterocycles. The molecule has 0 fully saturated rings. The van der Waals surface area contributed by atoms with Crippen LogP contribution in [0.4, 0.5) is 11.4 Å². The van der Waals surface area contributed by atoms with Crippen molar-refractivity contribution < 1.29 is 14.8 Å². The zero-order valence-corrected chi connectivity index (χ0v) is 11.1. The topological polar surface area (TPSA) is 110 Å². The number of benzene rings is 1. The predicted octanol–water partition coefficient (Wildman–Crippen LogP) is 1.02. The quantitative estimate of drug-likeness (QED) is 0.481. The number of nitro groups is 1. The third kappa shape index (κ3) is 3.65. The number of likely N-dealkylation sites (N-methyl/N-ethyl adjacent to an activating group) is 1. The molecule has 0 atom stereocenters. The lowest BCUT2D eigenvalue weighted by Gasteiger charge is -2.25. The van der Waals surface area contributed by atoms with Crippen molar-refractivity contribution in [2.24, 2.45) is 0 Å². The Kier molecular flexibility index (Phi) is 4.10. The van der Waals surface area contributed by atoms with E-state index in [9.17, 15) is 20.0 Å². The summed E-state index contributed by atoms with van der Waals surface area (Å²) in [5.41, 5.74) is 4.17. The number of hydrogen-bond donors (Lipinski definition) is 2. The molecule has 0 aliphatic heterocycles. The molecule has 3 N–H and O–H groups in total. The molecule has 7 nitrogen and oxygen atoms in total. The first-order chi connectivity index (χ1) is 8.63. The first-order valence-electron chi connectivity index (χ1n) is 5.64. The summed E-state index contributed by atoms with van der Waals surface area (Å²) in [5.74, 6) is -0.469. The van der Waals surface area contributed by atoms with E-state index in [1.165, 1.54) is 30.1 Å². The molecule has 0 unspecified atom stereocenters. The van der Waals surface area contributed by atoms with E-state index in [1.807, 2.05) is 0 Å². The highest BCUT2D eigenvalue weighted by Crippen LogP contribution is 2.25. The zero-order valence-electron chi connectivity index (χ0n) is 11.1. The number of para-hydroxylation sites is 1. The van der Waals surface area contributed by atoms with Gasteiger partial charge in [-0.15, -0.1) is 0 Å². The van der Waals surface area contributed by atoms with Crippen molar-refractivity contribution in [3.63, 3.8) is 0 Å². The van der Waals surface area contributed by atoms with Gasteiger partial charge in [0.2, 0.25) is 0 Å². The highest BCUT2D eigenvalue weighted by molar-refractivity contribution is 6.00. The molecule has 7 heteroatoms. The van der Waals surface area contributed by atoms with Gasteiger partial charge in [-0.25, -0.2) is 0 Å². The standard InChI is InChI=1S/C12H17N3O4/c1-12(2,17)7-14(3)11(16)8-5-4-6-9(10(8)13)15(18)19/h4-6,17H,7,13H2,1-3H3. The van der Waals surface area contributed by atoms with Gasteiger partial charge in [0.05, 0.1) is 16.1 Å². The highest BCUT2D eigenvalue weighted by atomic mass is 16.6.